The number of hydrogen-bond donors (Lipinski definition) is 2. The third kappa shape index (κ3) is 3.45. The van der Waals surface area contributed by atoms with Gasteiger partial charge in [-0.3, -0.25) is 4.79 Å². The number of aliphatic hydroxyl groups is 1. The first-order valence-electron chi connectivity index (χ1n) is 6.42. The highest BCUT2D eigenvalue weighted by molar-refractivity contribution is 6.33. The van der Waals surface area contributed by atoms with E-state index in [0.29, 0.717) is 24.0 Å². The van der Waals surface area contributed by atoms with E-state index >= 15 is 0 Å². The first kappa shape index (κ1) is 14.3. The number of hydrogen-bond acceptors (Lipinski definition) is 2. The molecule has 19 heavy (non-hydrogen) atoms. The minimum Gasteiger partial charge on any atom is -0.393 e. The van der Waals surface area contributed by atoms with E-state index < -0.39 is 5.82 Å². The van der Waals surface area contributed by atoms with Gasteiger partial charge in [-0.05, 0) is 50.3 Å². The maximum absolute atomic E-state index is 13.3. The molecule has 0 bridgehead atoms. The summed E-state index contributed by atoms with van der Waals surface area (Å²) in [5.74, 6) is -0.697. The molecule has 0 aromatic heterocycles. The molecule has 2 N–H and O–H groups in total. The van der Waals surface area contributed by atoms with Gasteiger partial charge in [0.15, 0.2) is 0 Å². The molecule has 0 aliphatic heterocycles. The Morgan fingerprint density at radius 1 is 1.37 bits per heavy atom. The van der Waals surface area contributed by atoms with Gasteiger partial charge in [-0.25, -0.2) is 4.39 Å². The maximum atomic E-state index is 13.3. The van der Waals surface area contributed by atoms with Crippen molar-refractivity contribution in [3.8, 4) is 0 Å². The van der Waals surface area contributed by atoms with Crippen LogP contribution < -0.4 is 5.32 Å². The lowest BCUT2D eigenvalue weighted by atomic mass is 9.93. The average molecular weight is 286 g/mol. The lowest BCUT2D eigenvalue weighted by molar-refractivity contribution is 0.0867. The minimum absolute atomic E-state index is 0.0531. The van der Waals surface area contributed by atoms with Gasteiger partial charge < -0.3 is 10.4 Å². The molecule has 0 unspecified atom stereocenters. The van der Waals surface area contributed by atoms with Crippen LogP contribution in [0.3, 0.4) is 0 Å². The second-order valence-electron chi connectivity index (χ2n) is 5.06. The van der Waals surface area contributed by atoms with Gasteiger partial charge in [0.05, 0.1) is 16.7 Å². The number of aliphatic hydroxyl groups excluding tert-OH is 1. The largest absolute Gasteiger partial charge is 0.393 e. The summed E-state index contributed by atoms with van der Waals surface area (Å²) >= 11 is 5.90. The summed E-state index contributed by atoms with van der Waals surface area (Å²) in [6.45, 7) is 1.60. The monoisotopic (exact) mass is 285 g/mol. The van der Waals surface area contributed by atoms with Gasteiger partial charge in [0, 0.05) is 6.04 Å². The van der Waals surface area contributed by atoms with E-state index in [9.17, 15) is 14.3 Å². The topological polar surface area (TPSA) is 49.3 Å². The van der Waals surface area contributed by atoms with E-state index in [1.807, 2.05) is 0 Å². The lowest BCUT2D eigenvalue weighted by Gasteiger charge is -2.26. The fourth-order valence-electron chi connectivity index (χ4n) is 2.31. The van der Waals surface area contributed by atoms with E-state index in [1.54, 1.807) is 6.92 Å². The van der Waals surface area contributed by atoms with Gasteiger partial charge in [0.1, 0.15) is 5.82 Å². The molecule has 0 radical (unpaired) electrons. The van der Waals surface area contributed by atoms with Crippen LogP contribution in [0, 0.1) is 12.7 Å². The Bertz CT molecular complexity index is 485. The zero-order valence-corrected chi connectivity index (χ0v) is 11.5. The fourth-order valence-corrected chi connectivity index (χ4v) is 2.55. The normalized spacial score (nSPS) is 23.2. The zero-order valence-electron chi connectivity index (χ0n) is 10.7. The molecule has 0 spiro atoms. The number of carbonyl (C=O) groups is 1. The molecule has 3 nitrogen and oxygen atoms in total. The summed E-state index contributed by atoms with van der Waals surface area (Å²) in [6.07, 6.45) is 2.64. The van der Waals surface area contributed by atoms with Crippen molar-refractivity contribution in [2.75, 3.05) is 0 Å². The van der Waals surface area contributed by atoms with Crippen molar-refractivity contribution >= 4 is 17.5 Å². The van der Waals surface area contributed by atoms with Gasteiger partial charge >= 0.3 is 0 Å². The van der Waals surface area contributed by atoms with Crippen molar-refractivity contribution in [3.05, 3.63) is 34.1 Å². The summed E-state index contributed by atoms with van der Waals surface area (Å²) in [4.78, 5) is 12.1. The second-order valence-corrected chi connectivity index (χ2v) is 5.47. The van der Waals surface area contributed by atoms with E-state index in [1.165, 1.54) is 6.07 Å². The highest BCUT2D eigenvalue weighted by atomic mass is 35.5. The number of benzene rings is 1. The molecule has 1 aliphatic rings. The maximum Gasteiger partial charge on any atom is 0.253 e. The average Bonchev–Trinajstić information content (AvgIpc) is 2.36. The third-order valence-corrected chi connectivity index (χ3v) is 3.84. The lowest BCUT2D eigenvalue weighted by Crippen LogP contribution is -2.38. The van der Waals surface area contributed by atoms with E-state index in [4.69, 9.17) is 11.6 Å². The molecule has 104 valence electrons. The predicted molar refractivity (Wildman–Crippen MR) is 71.9 cm³/mol. The molecule has 1 aromatic carbocycles. The first-order chi connectivity index (χ1) is 8.97. The summed E-state index contributed by atoms with van der Waals surface area (Å²) in [5, 5.41) is 12.4. The van der Waals surface area contributed by atoms with Crippen LogP contribution in [0.4, 0.5) is 4.39 Å². The molecular weight excluding hydrogens is 269 g/mol. The number of nitrogens with one attached hydrogen (secondary N) is 1. The Morgan fingerprint density at radius 3 is 2.63 bits per heavy atom. The Balaban J connectivity index is 2.06. The van der Waals surface area contributed by atoms with E-state index in [0.717, 1.165) is 18.9 Å². The van der Waals surface area contributed by atoms with Crippen LogP contribution in [0.1, 0.15) is 41.6 Å². The standard InChI is InChI=1S/C14H17ClFNO2/c1-8-6-11(12(15)7-13(8)16)14(19)17-9-2-4-10(18)5-3-9/h6-7,9-10,18H,2-5H2,1H3,(H,17,19). The molecule has 1 fully saturated rings. The van der Waals surface area contributed by atoms with Crippen molar-refractivity contribution in [1.29, 1.82) is 0 Å². The summed E-state index contributed by atoms with van der Waals surface area (Å²) in [5.41, 5.74) is 0.695. The first-order valence-corrected chi connectivity index (χ1v) is 6.79. The third-order valence-electron chi connectivity index (χ3n) is 3.52. The van der Waals surface area contributed by atoms with Gasteiger partial charge in [0.25, 0.3) is 5.91 Å². The Kier molecular flexibility index (Phi) is 4.42. The van der Waals surface area contributed by atoms with Crippen LogP contribution >= 0.6 is 11.6 Å². The zero-order chi connectivity index (χ0) is 14.0. The number of rotatable bonds is 2. The number of amides is 1. The van der Waals surface area contributed by atoms with Crippen LogP contribution in [-0.2, 0) is 0 Å². The van der Waals surface area contributed by atoms with Crippen LogP contribution in [0.2, 0.25) is 5.02 Å². The van der Waals surface area contributed by atoms with Crippen LogP contribution in [0.5, 0.6) is 0 Å². The van der Waals surface area contributed by atoms with Gasteiger partial charge in [-0.2, -0.15) is 0 Å². The quantitative estimate of drug-likeness (QED) is 0.878. The number of aryl methyl sites for hydroxylation is 1. The van der Waals surface area contributed by atoms with Crippen LogP contribution in [0.25, 0.3) is 0 Å². The highest BCUT2D eigenvalue weighted by Gasteiger charge is 2.22. The van der Waals surface area contributed by atoms with Crippen molar-refractivity contribution in [2.24, 2.45) is 0 Å². The minimum atomic E-state index is -0.415. The smallest absolute Gasteiger partial charge is 0.253 e. The van der Waals surface area contributed by atoms with Crippen molar-refractivity contribution in [1.82, 2.24) is 5.32 Å². The molecule has 1 aliphatic carbocycles. The molecule has 1 amide bonds. The molecular formula is C14H17ClFNO2. The molecule has 5 heteroatoms. The van der Waals surface area contributed by atoms with Gasteiger partial charge in [-0.15, -0.1) is 0 Å². The molecule has 1 aromatic rings. The van der Waals surface area contributed by atoms with Gasteiger partial charge in [0.2, 0.25) is 0 Å². The van der Waals surface area contributed by atoms with Crippen molar-refractivity contribution in [2.45, 2.75) is 44.8 Å². The Labute approximate surface area is 116 Å². The molecule has 0 heterocycles. The summed E-state index contributed by atoms with van der Waals surface area (Å²) < 4.78 is 13.3. The SMILES string of the molecule is Cc1cc(C(=O)NC2CCC(O)CC2)c(Cl)cc1F. The highest BCUT2D eigenvalue weighted by Crippen LogP contribution is 2.22. The number of halogens is 2. The molecule has 1 saturated carbocycles. The summed E-state index contributed by atoms with van der Waals surface area (Å²) in [7, 11) is 0. The fraction of sp³-hybridized carbons (Fsp3) is 0.500. The van der Waals surface area contributed by atoms with Gasteiger partial charge in [-0.1, -0.05) is 11.6 Å². The van der Waals surface area contributed by atoms with Crippen molar-refractivity contribution in [3.63, 3.8) is 0 Å². The van der Waals surface area contributed by atoms with Crippen molar-refractivity contribution < 1.29 is 14.3 Å². The number of carbonyl (C=O) groups excluding carboxylic acids is 1. The van der Waals surface area contributed by atoms with E-state index in [-0.39, 0.29) is 23.1 Å². The molecule has 2 rings (SSSR count). The second kappa shape index (κ2) is 5.88. The summed E-state index contributed by atoms with van der Waals surface area (Å²) in [6, 6.07) is 2.68. The van der Waals surface area contributed by atoms with Crippen LogP contribution in [0.15, 0.2) is 12.1 Å². The molecule has 0 saturated heterocycles. The van der Waals surface area contributed by atoms with Crippen LogP contribution in [-0.4, -0.2) is 23.2 Å². The predicted octanol–water partition coefficient (Wildman–Crippen LogP) is 2.82. The molecule has 0 atom stereocenters. The Morgan fingerprint density at radius 2 is 2.00 bits per heavy atom. The Hall–Kier alpha value is -1.13. The van der Waals surface area contributed by atoms with E-state index in [2.05, 4.69) is 5.32 Å².